The van der Waals surface area contributed by atoms with Crippen LogP contribution in [-0.2, 0) is 4.74 Å². The number of nitrogens with zero attached hydrogens (tertiary/aromatic N) is 3. The summed E-state index contributed by atoms with van der Waals surface area (Å²) in [7, 11) is 0. The Hall–Kier alpha value is -1.14. The molecule has 5 nitrogen and oxygen atoms in total. The zero-order valence-electron chi connectivity index (χ0n) is 11.1. The Balaban J connectivity index is 2.16. The second kappa shape index (κ2) is 8.88. The summed E-state index contributed by atoms with van der Waals surface area (Å²) < 4.78 is 5.67. The van der Waals surface area contributed by atoms with Crippen LogP contribution in [0.3, 0.4) is 0 Å². The molecular weight excluding hydrogens is 228 g/mol. The highest BCUT2D eigenvalue weighted by Crippen LogP contribution is 2.05. The van der Waals surface area contributed by atoms with Crippen LogP contribution in [0.25, 0.3) is 0 Å². The van der Waals surface area contributed by atoms with Crippen molar-refractivity contribution in [1.82, 2.24) is 10.2 Å². The Morgan fingerprint density at radius 3 is 3.00 bits per heavy atom. The van der Waals surface area contributed by atoms with Crippen molar-refractivity contribution in [1.29, 1.82) is 10.5 Å². The van der Waals surface area contributed by atoms with E-state index in [0.717, 1.165) is 32.8 Å². The molecule has 2 atom stereocenters. The van der Waals surface area contributed by atoms with Crippen LogP contribution in [0, 0.1) is 28.6 Å². The molecule has 1 rings (SSSR count). The lowest BCUT2D eigenvalue weighted by Crippen LogP contribution is -2.46. The number of rotatable bonds is 7. The highest BCUT2D eigenvalue weighted by Gasteiger charge is 2.19. The van der Waals surface area contributed by atoms with E-state index in [1.807, 2.05) is 0 Å². The molecule has 0 radical (unpaired) electrons. The fraction of sp³-hybridized carbons (Fsp3) is 0.846. The maximum atomic E-state index is 8.93. The van der Waals surface area contributed by atoms with Crippen LogP contribution >= 0.6 is 0 Å². The van der Waals surface area contributed by atoms with Gasteiger partial charge in [0.25, 0.3) is 0 Å². The molecule has 0 aromatic rings. The summed E-state index contributed by atoms with van der Waals surface area (Å²) >= 11 is 0. The summed E-state index contributed by atoms with van der Waals surface area (Å²) in [6.07, 6.45) is 1.31. The van der Waals surface area contributed by atoms with Crippen LogP contribution in [0.4, 0.5) is 0 Å². The fourth-order valence-corrected chi connectivity index (χ4v) is 2.06. The van der Waals surface area contributed by atoms with E-state index in [4.69, 9.17) is 15.3 Å². The van der Waals surface area contributed by atoms with Gasteiger partial charge >= 0.3 is 0 Å². The zero-order valence-corrected chi connectivity index (χ0v) is 11.1. The van der Waals surface area contributed by atoms with E-state index in [-0.39, 0.29) is 12.0 Å². The number of hydrogen-bond acceptors (Lipinski definition) is 5. The fourth-order valence-electron chi connectivity index (χ4n) is 2.06. The summed E-state index contributed by atoms with van der Waals surface area (Å²) in [6.45, 7) is 7.39. The molecule has 1 fully saturated rings. The van der Waals surface area contributed by atoms with Crippen molar-refractivity contribution in [2.24, 2.45) is 5.92 Å². The number of morpholine rings is 1. The summed E-state index contributed by atoms with van der Waals surface area (Å²) in [4.78, 5) is 2.37. The quantitative estimate of drug-likeness (QED) is 0.721. The minimum Gasteiger partial charge on any atom is -0.374 e. The molecule has 0 aromatic carbocycles. The zero-order chi connectivity index (χ0) is 13.2. The molecular formula is C13H22N4O. The number of ether oxygens (including phenoxy) is 1. The van der Waals surface area contributed by atoms with Gasteiger partial charge in [-0.15, -0.1) is 0 Å². The van der Waals surface area contributed by atoms with Crippen LogP contribution in [0.2, 0.25) is 0 Å². The van der Waals surface area contributed by atoms with E-state index in [1.165, 1.54) is 0 Å². The number of likely N-dealkylation sites (N-methyl/N-ethyl adjacent to an activating group) is 1. The van der Waals surface area contributed by atoms with Gasteiger partial charge in [0, 0.05) is 32.6 Å². The SMILES string of the molecule is CCN1CCOC(CNCC(C#N)CCC#N)C1. The average molecular weight is 250 g/mol. The molecule has 1 heterocycles. The van der Waals surface area contributed by atoms with Crippen molar-refractivity contribution in [3.05, 3.63) is 0 Å². The van der Waals surface area contributed by atoms with Crippen molar-refractivity contribution in [3.63, 3.8) is 0 Å². The standard InChI is InChI=1S/C13H22N4O/c1-2-17-6-7-18-13(11-17)10-16-9-12(8-15)4-3-5-14/h12-13,16H,2-4,6-7,9-11H2,1H3. The number of nitrogens with one attached hydrogen (secondary N) is 1. The normalized spacial score (nSPS) is 22.1. The highest BCUT2D eigenvalue weighted by atomic mass is 16.5. The van der Waals surface area contributed by atoms with Gasteiger partial charge in [0.1, 0.15) is 0 Å². The van der Waals surface area contributed by atoms with Crippen molar-refractivity contribution < 1.29 is 4.74 Å². The van der Waals surface area contributed by atoms with Crippen molar-refractivity contribution in [3.8, 4) is 12.1 Å². The molecule has 1 aliphatic rings. The third-order valence-electron chi connectivity index (χ3n) is 3.22. The van der Waals surface area contributed by atoms with Crippen LogP contribution in [0.15, 0.2) is 0 Å². The molecule has 1 N–H and O–H groups in total. The van der Waals surface area contributed by atoms with E-state index in [0.29, 0.717) is 19.4 Å². The topological polar surface area (TPSA) is 72.1 Å². The lowest BCUT2D eigenvalue weighted by Gasteiger charge is -2.32. The van der Waals surface area contributed by atoms with Gasteiger partial charge in [0.05, 0.1) is 30.8 Å². The molecule has 0 bridgehead atoms. The van der Waals surface area contributed by atoms with E-state index in [1.54, 1.807) is 0 Å². The van der Waals surface area contributed by atoms with E-state index < -0.39 is 0 Å². The van der Waals surface area contributed by atoms with Gasteiger partial charge in [-0.05, 0) is 13.0 Å². The van der Waals surface area contributed by atoms with Gasteiger partial charge in [-0.25, -0.2) is 0 Å². The van der Waals surface area contributed by atoms with E-state index >= 15 is 0 Å². The first kappa shape index (κ1) is 14.9. The van der Waals surface area contributed by atoms with Gasteiger partial charge in [-0.3, -0.25) is 4.90 Å². The summed E-state index contributed by atoms with van der Waals surface area (Å²) in [5, 5.41) is 20.7. The van der Waals surface area contributed by atoms with E-state index in [9.17, 15) is 0 Å². The van der Waals surface area contributed by atoms with Crippen molar-refractivity contribution >= 4 is 0 Å². The summed E-state index contributed by atoms with van der Waals surface area (Å²) in [6, 6.07) is 4.31. The van der Waals surface area contributed by atoms with Gasteiger partial charge in [-0.2, -0.15) is 10.5 Å². The minimum absolute atomic E-state index is 0.0736. The molecule has 0 aliphatic carbocycles. The van der Waals surface area contributed by atoms with Crippen molar-refractivity contribution in [2.45, 2.75) is 25.9 Å². The van der Waals surface area contributed by atoms with Crippen LogP contribution in [-0.4, -0.2) is 50.3 Å². The molecule has 2 unspecified atom stereocenters. The molecule has 0 amide bonds. The maximum absolute atomic E-state index is 8.93. The predicted molar refractivity (Wildman–Crippen MR) is 68.7 cm³/mol. The maximum Gasteiger partial charge on any atom is 0.0826 e. The summed E-state index contributed by atoms with van der Waals surface area (Å²) in [5.41, 5.74) is 0. The van der Waals surface area contributed by atoms with Gasteiger partial charge < -0.3 is 10.1 Å². The van der Waals surface area contributed by atoms with Gasteiger partial charge in [0.15, 0.2) is 0 Å². The Kier molecular flexibility index (Phi) is 7.36. The Labute approximate surface area is 109 Å². The second-order valence-electron chi connectivity index (χ2n) is 4.57. The average Bonchev–Trinajstić information content (AvgIpc) is 2.43. The van der Waals surface area contributed by atoms with Gasteiger partial charge in [0.2, 0.25) is 0 Å². The molecule has 0 saturated carbocycles. The first-order chi connectivity index (χ1) is 8.80. The van der Waals surface area contributed by atoms with Crippen molar-refractivity contribution in [2.75, 3.05) is 39.3 Å². The first-order valence-electron chi connectivity index (χ1n) is 6.61. The monoisotopic (exact) mass is 250 g/mol. The lowest BCUT2D eigenvalue weighted by atomic mass is 10.1. The number of nitriles is 2. The molecule has 100 valence electrons. The summed E-state index contributed by atoms with van der Waals surface area (Å²) in [5.74, 6) is -0.0736. The molecule has 1 aliphatic heterocycles. The first-order valence-corrected chi connectivity index (χ1v) is 6.61. The Morgan fingerprint density at radius 1 is 1.50 bits per heavy atom. The Bertz CT molecular complexity index is 307. The van der Waals surface area contributed by atoms with Crippen LogP contribution < -0.4 is 5.32 Å². The molecule has 0 aromatic heterocycles. The molecule has 0 spiro atoms. The predicted octanol–water partition coefficient (Wildman–Crippen LogP) is 0.740. The van der Waals surface area contributed by atoms with Gasteiger partial charge in [-0.1, -0.05) is 6.92 Å². The number of hydrogen-bond donors (Lipinski definition) is 1. The smallest absolute Gasteiger partial charge is 0.0826 e. The van der Waals surface area contributed by atoms with Crippen LogP contribution in [0.5, 0.6) is 0 Å². The van der Waals surface area contributed by atoms with Crippen LogP contribution in [0.1, 0.15) is 19.8 Å². The third kappa shape index (κ3) is 5.46. The molecule has 5 heteroatoms. The minimum atomic E-state index is -0.0736. The van der Waals surface area contributed by atoms with E-state index in [2.05, 4.69) is 29.3 Å². The highest BCUT2D eigenvalue weighted by molar-refractivity contribution is 4.87. The Morgan fingerprint density at radius 2 is 2.33 bits per heavy atom. The second-order valence-corrected chi connectivity index (χ2v) is 4.57. The largest absolute Gasteiger partial charge is 0.374 e. The molecule has 1 saturated heterocycles. The lowest BCUT2D eigenvalue weighted by molar-refractivity contribution is -0.0253. The molecule has 18 heavy (non-hydrogen) atoms. The third-order valence-corrected chi connectivity index (χ3v) is 3.22.